The third-order valence-corrected chi connectivity index (χ3v) is 4.28. The Morgan fingerprint density at radius 1 is 0.955 bits per heavy atom. The van der Waals surface area contributed by atoms with Crippen LogP contribution in [0.5, 0.6) is 0 Å². The fraction of sp³-hybridized carbons (Fsp3) is 0.250. The lowest BCUT2D eigenvalue weighted by Gasteiger charge is -2.16. The molecule has 0 spiro atoms. The number of unbranched alkanes of at least 4 members (excludes halogenated alkanes) is 1. The van der Waals surface area contributed by atoms with Crippen molar-refractivity contribution < 1.29 is 9.90 Å². The largest absolute Gasteiger partial charge is 0.481 e. The molecule has 0 saturated heterocycles. The van der Waals surface area contributed by atoms with Crippen molar-refractivity contribution in [3.05, 3.63) is 76.9 Å². The van der Waals surface area contributed by atoms with Crippen molar-refractivity contribution in [1.29, 1.82) is 0 Å². The first kappa shape index (κ1) is 14.6. The number of rotatable bonds is 6. The summed E-state index contributed by atoms with van der Waals surface area (Å²) < 4.78 is 0. The molecule has 1 aliphatic carbocycles. The molecule has 0 saturated carbocycles. The van der Waals surface area contributed by atoms with Crippen LogP contribution in [0.1, 0.15) is 47.4 Å². The van der Waals surface area contributed by atoms with Crippen LogP contribution in [0.4, 0.5) is 0 Å². The van der Waals surface area contributed by atoms with Gasteiger partial charge in [0.05, 0.1) is 0 Å². The molecule has 0 amide bonds. The molecule has 1 aliphatic rings. The highest BCUT2D eigenvalue weighted by molar-refractivity contribution is 5.66. The van der Waals surface area contributed by atoms with Crippen LogP contribution in [0, 0.1) is 0 Å². The maximum Gasteiger partial charge on any atom is 0.303 e. The molecule has 1 N–H and O–H groups in total. The number of carboxylic acids is 1. The first-order chi connectivity index (χ1) is 10.8. The van der Waals surface area contributed by atoms with Crippen molar-refractivity contribution >= 4 is 12.0 Å². The second-order valence-corrected chi connectivity index (χ2v) is 5.77. The second-order valence-electron chi connectivity index (χ2n) is 5.77. The molecule has 3 rings (SSSR count). The van der Waals surface area contributed by atoms with Crippen LogP contribution in [-0.2, 0) is 11.2 Å². The lowest BCUT2D eigenvalue weighted by molar-refractivity contribution is -0.137. The minimum atomic E-state index is -0.707. The number of hydrogen-bond donors (Lipinski definition) is 1. The second kappa shape index (κ2) is 6.61. The molecule has 0 aliphatic heterocycles. The molecule has 2 heteroatoms. The summed E-state index contributed by atoms with van der Waals surface area (Å²) in [5.74, 6) is -0.382. The molecule has 1 unspecified atom stereocenters. The first-order valence-corrected chi connectivity index (χ1v) is 7.82. The first-order valence-electron chi connectivity index (χ1n) is 7.82. The quantitative estimate of drug-likeness (QED) is 0.787. The Balaban J connectivity index is 1.78. The zero-order valence-corrected chi connectivity index (χ0v) is 12.5. The van der Waals surface area contributed by atoms with Gasteiger partial charge in [0.2, 0.25) is 0 Å². The average Bonchev–Trinajstić information content (AvgIpc) is 2.96. The van der Waals surface area contributed by atoms with E-state index in [2.05, 4.69) is 60.7 Å². The van der Waals surface area contributed by atoms with Crippen LogP contribution in [0.2, 0.25) is 0 Å². The topological polar surface area (TPSA) is 37.3 Å². The van der Waals surface area contributed by atoms with E-state index in [-0.39, 0.29) is 6.42 Å². The molecule has 112 valence electrons. The Morgan fingerprint density at radius 3 is 2.50 bits per heavy atom. The molecule has 2 aromatic rings. The molecule has 22 heavy (non-hydrogen) atoms. The third-order valence-electron chi connectivity index (χ3n) is 4.28. The Hall–Kier alpha value is -2.35. The predicted octanol–water partition coefficient (Wildman–Crippen LogP) is 4.64. The molecule has 0 fully saturated rings. The normalized spacial score (nSPS) is 15.7. The van der Waals surface area contributed by atoms with Crippen molar-refractivity contribution in [2.75, 3.05) is 0 Å². The maximum atomic E-state index is 10.6. The minimum absolute atomic E-state index is 0.258. The predicted molar refractivity (Wildman–Crippen MR) is 89.0 cm³/mol. The standard InChI is InChI=1S/C20H20O2/c21-20(22)12-6-3-8-15-7-1-4-10-17(15)19-14-13-16-9-2-5-11-18(16)19/h1-2,4-5,7,9-11,13-14,19H,3,6,8,12H2,(H,21,22). The van der Waals surface area contributed by atoms with Crippen molar-refractivity contribution in [3.8, 4) is 0 Å². The van der Waals surface area contributed by atoms with E-state index in [1.54, 1.807) is 0 Å². The van der Waals surface area contributed by atoms with Crippen LogP contribution >= 0.6 is 0 Å². The third kappa shape index (κ3) is 3.11. The summed E-state index contributed by atoms with van der Waals surface area (Å²) >= 11 is 0. The van der Waals surface area contributed by atoms with Crippen molar-refractivity contribution in [3.63, 3.8) is 0 Å². The number of hydrogen-bond acceptors (Lipinski definition) is 1. The van der Waals surface area contributed by atoms with E-state index in [9.17, 15) is 4.79 Å². The summed E-state index contributed by atoms with van der Waals surface area (Å²) in [7, 11) is 0. The molecule has 1 atom stereocenters. The van der Waals surface area contributed by atoms with Gasteiger partial charge in [0.1, 0.15) is 0 Å². The van der Waals surface area contributed by atoms with Crippen molar-refractivity contribution in [2.24, 2.45) is 0 Å². The van der Waals surface area contributed by atoms with Crippen LogP contribution < -0.4 is 0 Å². The molecular weight excluding hydrogens is 272 g/mol. The Kier molecular flexibility index (Phi) is 4.38. The number of aryl methyl sites for hydroxylation is 1. The van der Waals surface area contributed by atoms with E-state index in [1.807, 2.05) is 0 Å². The summed E-state index contributed by atoms with van der Waals surface area (Å²) in [5, 5.41) is 8.74. The number of fused-ring (bicyclic) bond motifs is 1. The van der Waals surface area contributed by atoms with Gasteiger partial charge in [-0.3, -0.25) is 4.79 Å². The Labute approximate surface area is 131 Å². The van der Waals surface area contributed by atoms with E-state index in [4.69, 9.17) is 5.11 Å². The SMILES string of the molecule is O=C(O)CCCCc1ccccc1C1C=Cc2ccccc21. The highest BCUT2D eigenvalue weighted by Crippen LogP contribution is 2.36. The van der Waals surface area contributed by atoms with Gasteiger partial charge in [-0.05, 0) is 41.5 Å². The zero-order chi connectivity index (χ0) is 15.4. The highest BCUT2D eigenvalue weighted by atomic mass is 16.4. The number of allylic oxidation sites excluding steroid dienone is 1. The lowest BCUT2D eigenvalue weighted by atomic mass is 9.88. The lowest BCUT2D eigenvalue weighted by Crippen LogP contribution is -2.02. The fourth-order valence-electron chi connectivity index (χ4n) is 3.18. The number of carboxylic acid groups (broad SMARTS) is 1. The summed E-state index contributed by atoms with van der Waals surface area (Å²) in [5.41, 5.74) is 5.34. The van der Waals surface area contributed by atoms with Gasteiger partial charge >= 0.3 is 5.97 Å². The van der Waals surface area contributed by atoms with Gasteiger partial charge in [-0.1, -0.05) is 60.7 Å². The smallest absolute Gasteiger partial charge is 0.303 e. The van der Waals surface area contributed by atoms with Gasteiger partial charge in [-0.25, -0.2) is 0 Å². The summed E-state index contributed by atoms with van der Waals surface area (Å²) in [4.78, 5) is 10.6. The molecule has 0 heterocycles. The summed E-state index contributed by atoms with van der Waals surface area (Å²) in [6, 6.07) is 17.0. The molecule has 0 radical (unpaired) electrons. The van der Waals surface area contributed by atoms with E-state index in [1.165, 1.54) is 22.3 Å². The monoisotopic (exact) mass is 292 g/mol. The minimum Gasteiger partial charge on any atom is -0.481 e. The Bertz CT molecular complexity index is 700. The Morgan fingerprint density at radius 2 is 1.68 bits per heavy atom. The van der Waals surface area contributed by atoms with Gasteiger partial charge < -0.3 is 5.11 Å². The van der Waals surface area contributed by atoms with Crippen LogP contribution in [0.15, 0.2) is 54.6 Å². The maximum absolute atomic E-state index is 10.6. The zero-order valence-electron chi connectivity index (χ0n) is 12.5. The summed E-state index contributed by atoms with van der Waals surface area (Å²) in [6.07, 6.45) is 7.31. The van der Waals surface area contributed by atoms with Crippen LogP contribution in [0.3, 0.4) is 0 Å². The molecule has 2 nitrogen and oxygen atoms in total. The van der Waals surface area contributed by atoms with E-state index in [0.29, 0.717) is 5.92 Å². The molecule has 0 bridgehead atoms. The molecule has 0 aromatic heterocycles. The number of carbonyl (C=O) groups is 1. The van der Waals surface area contributed by atoms with Crippen molar-refractivity contribution in [1.82, 2.24) is 0 Å². The average molecular weight is 292 g/mol. The van der Waals surface area contributed by atoms with E-state index < -0.39 is 5.97 Å². The summed E-state index contributed by atoms with van der Waals surface area (Å²) in [6.45, 7) is 0. The fourth-order valence-corrected chi connectivity index (χ4v) is 3.18. The molecular formula is C20H20O2. The van der Waals surface area contributed by atoms with Gasteiger partial charge in [-0.2, -0.15) is 0 Å². The van der Waals surface area contributed by atoms with Crippen LogP contribution in [0.25, 0.3) is 6.08 Å². The van der Waals surface area contributed by atoms with E-state index >= 15 is 0 Å². The van der Waals surface area contributed by atoms with Crippen molar-refractivity contribution in [2.45, 2.75) is 31.6 Å². The van der Waals surface area contributed by atoms with E-state index in [0.717, 1.165) is 19.3 Å². The van der Waals surface area contributed by atoms with Gasteiger partial charge in [0.25, 0.3) is 0 Å². The van der Waals surface area contributed by atoms with Gasteiger partial charge in [-0.15, -0.1) is 0 Å². The van der Waals surface area contributed by atoms with Gasteiger partial charge in [0.15, 0.2) is 0 Å². The highest BCUT2D eigenvalue weighted by Gasteiger charge is 2.20. The van der Waals surface area contributed by atoms with Gasteiger partial charge in [0, 0.05) is 12.3 Å². The molecule has 2 aromatic carbocycles. The number of benzene rings is 2. The van der Waals surface area contributed by atoms with Crippen LogP contribution in [-0.4, -0.2) is 11.1 Å². The number of aliphatic carboxylic acids is 1.